The zero-order valence-electron chi connectivity index (χ0n) is 13.7. The summed E-state index contributed by atoms with van der Waals surface area (Å²) in [5.41, 5.74) is 3.88. The standard InChI is InChI=1S/C19H17FN4O/c1-3-13-12-21-24(2)18(13)14-5-4-6-17(11-14)23-19(25)22-16-9-7-15(20)8-10-16/h3-12H,1H2,2H3,(H2,22,23,25). The van der Waals surface area contributed by atoms with Crippen LogP contribution in [0.5, 0.6) is 0 Å². The lowest BCUT2D eigenvalue weighted by Gasteiger charge is -2.10. The summed E-state index contributed by atoms with van der Waals surface area (Å²) in [7, 11) is 1.85. The Bertz CT molecular complexity index is 915. The summed E-state index contributed by atoms with van der Waals surface area (Å²) < 4.78 is 14.7. The van der Waals surface area contributed by atoms with E-state index >= 15 is 0 Å². The molecule has 0 aliphatic rings. The highest BCUT2D eigenvalue weighted by atomic mass is 19.1. The van der Waals surface area contributed by atoms with Gasteiger partial charge < -0.3 is 10.6 Å². The number of nitrogens with zero attached hydrogens (tertiary/aromatic N) is 2. The molecule has 1 aromatic heterocycles. The molecule has 2 aromatic carbocycles. The first-order valence-electron chi connectivity index (χ1n) is 7.65. The van der Waals surface area contributed by atoms with Gasteiger partial charge in [-0.05, 0) is 36.4 Å². The number of urea groups is 1. The molecule has 5 nitrogen and oxygen atoms in total. The third-order valence-corrected chi connectivity index (χ3v) is 3.68. The van der Waals surface area contributed by atoms with Crippen molar-refractivity contribution < 1.29 is 9.18 Å². The molecule has 3 rings (SSSR count). The Morgan fingerprint density at radius 2 is 1.88 bits per heavy atom. The van der Waals surface area contributed by atoms with Gasteiger partial charge in [0, 0.05) is 29.5 Å². The number of nitrogens with one attached hydrogen (secondary N) is 2. The summed E-state index contributed by atoms with van der Waals surface area (Å²) in [6.45, 7) is 3.79. The second-order valence-corrected chi connectivity index (χ2v) is 5.44. The lowest BCUT2D eigenvalue weighted by molar-refractivity contribution is 0.262. The van der Waals surface area contributed by atoms with Crippen molar-refractivity contribution in [1.29, 1.82) is 0 Å². The number of aryl methyl sites for hydroxylation is 1. The van der Waals surface area contributed by atoms with E-state index in [1.165, 1.54) is 24.3 Å². The Hall–Kier alpha value is -3.41. The molecule has 0 saturated heterocycles. The number of hydrogen-bond acceptors (Lipinski definition) is 2. The molecule has 0 bridgehead atoms. The van der Waals surface area contributed by atoms with Crippen LogP contribution < -0.4 is 10.6 Å². The van der Waals surface area contributed by atoms with Gasteiger partial charge in [-0.3, -0.25) is 4.68 Å². The van der Waals surface area contributed by atoms with Crippen LogP contribution in [0.2, 0.25) is 0 Å². The third-order valence-electron chi connectivity index (χ3n) is 3.68. The van der Waals surface area contributed by atoms with Crippen molar-refractivity contribution in [2.24, 2.45) is 7.05 Å². The first kappa shape index (κ1) is 16.4. The molecule has 2 amide bonds. The minimum atomic E-state index is -0.405. The minimum absolute atomic E-state index is 0.354. The fourth-order valence-corrected chi connectivity index (χ4v) is 2.53. The summed E-state index contributed by atoms with van der Waals surface area (Å²) in [6, 6.07) is 12.6. The van der Waals surface area contributed by atoms with E-state index in [0.29, 0.717) is 11.4 Å². The number of amides is 2. The fraction of sp³-hybridized carbons (Fsp3) is 0.0526. The average molecular weight is 336 g/mol. The van der Waals surface area contributed by atoms with E-state index in [2.05, 4.69) is 22.3 Å². The predicted molar refractivity (Wildman–Crippen MR) is 97.8 cm³/mol. The molecule has 0 fully saturated rings. The number of benzene rings is 2. The zero-order valence-corrected chi connectivity index (χ0v) is 13.7. The monoisotopic (exact) mass is 336 g/mol. The molecule has 25 heavy (non-hydrogen) atoms. The van der Waals surface area contributed by atoms with Crippen molar-refractivity contribution in [2.45, 2.75) is 0 Å². The number of aromatic nitrogens is 2. The van der Waals surface area contributed by atoms with Gasteiger partial charge >= 0.3 is 6.03 Å². The summed E-state index contributed by atoms with van der Waals surface area (Å²) in [5.74, 6) is -0.354. The first-order chi connectivity index (χ1) is 12.1. The lowest BCUT2D eigenvalue weighted by atomic mass is 10.1. The maximum atomic E-state index is 12.9. The van der Waals surface area contributed by atoms with E-state index in [0.717, 1.165) is 16.8 Å². The molecule has 0 spiro atoms. The molecule has 0 saturated carbocycles. The van der Waals surface area contributed by atoms with Gasteiger partial charge in [-0.25, -0.2) is 9.18 Å². The number of hydrogen-bond donors (Lipinski definition) is 2. The third kappa shape index (κ3) is 3.74. The van der Waals surface area contributed by atoms with Crippen molar-refractivity contribution in [1.82, 2.24) is 9.78 Å². The number of anilines is 2. The Labute approximate surface area is 144 Å². The lowest BCUT2D eigenvalue weighted by Crippen LogP contribution is -2.19. The molecule has 3 aromatic rings. The van der Waals surface area contributed by atoms with Crippen LogP contribution in [0.1, 0.15) is 5.56 Å². The topological polar surface area (TPSA) is 59.0 Å². The molecular formula is C19H17FN4O. The largest absolute Gasteiger partial charge is 0.323 e. The van der Waals surface area contributed by atoms with E-state index in [4.69, 9.17) is 0 Å². The maximum Gasteiger partial charge on any atom is 0.323 e. The smallest absolute Gasteiger partial charge is 0.308 e. The highest BCUT2D eigenvalue weighted by Crippen LogP contribution is 2.26. The van der Waals surface area contributed by atoms with Gasteiger partial charge in [0.05, 0.1) is 11.9 Å². The van der Waals surface area contributed by atoms with Crippen LogP contribution in [0.15, 0.2) is 61.3 Å². The summed E-state index contributed by atoms with van der Waals surface area (Å²) in [5, 5.41) is 9.65. The van der Waals surface area contributed by atoms with Gasteiger partial charge in [0.1, 0.15) is 5.82 Å². The number of carbonyl (C=O) groups excluding carboxylic acids is 1. The molecule has 6 heteroatoms. The second-order valence-electron chi connectivity index (χ2n) is 5.44. The number of halogens is 1. The molecule has 1 heterocycles. The molecule has 0 unspecified atom stereocenters. The summed E-state index contributed by atoms with van der Waals surface area (Å²) >= 11 is 0. The quantitative estimate of drug-likeness (QED) is 0.736. The van der Waals surface area contributed by atoms with Crippen LogP contribution in [-0.2, 0) is 7.05 Å². The number of carbonyl (C=O) groups is 1. The molecule has 0 aliphatic carbocycles. The minimum Gasteiger partial charge on any atom is -0.308 e. The van der Waals surface area contributed by atoms with Crippen molar-refractivity contribution in [3.63, 3.8) is 0 Å². The van der Waals surface area contributed by atoms with Crippen molar-refractivity contribution in [2.75, 3.05) is 10.6 Å². The van der Waals surface area contributed by atoms with Crippen molar-refractivity contribution in [3.8, 4) is 11.3 Å². The molecule has 0 atom stereocenters. The molecule has 0 radical (unpaired) electrons. The molecule has 126 valence electrons. The average Bonchev–Trinajstić information content (AvgIpc) is 2.98. The highest BCUT2D eigenvalue weighted by molar-refractivity contribution is 6.00. The van der Waals surface area contributed by atoms with E-state index in [9.17, 15) is 9.18 Å². The Kier molecular flexibility index (Phi) is 4.61. The molecule has 0 aliphatic heterocycles. The maximum absolute atomic E-state index is 12.9. The van der Waals surface area contributed by atoms with Crippen LogP contribution in [0, 0.1) is 5.82 Å². The summed E-state index contributed by atoms with van der Waals surface area (Å²) in [4.78, 5) is 12.1. The van der Waals surface area contributed by atoms with Gasteiger partial charge in [0.2, 0.25) is 0 Å². The summed E-state index contributed by atoms with van der Waals surface area (Å²) in [6.07, 6.45) is 3.48. The van der Waals surface area contributed by atoms with Crippen LogP contribution >= 0.6 is 0 Å². The van der Waals surface area contributed by atoms with Crippen molar-refractivity contribution >= 4 is 23.5 Å². The van der Waals surface area contributed by atoms with E-state index in [1.807, 2.05) is 25.2 Å². The SMILES string of the molecule is C=Cc1cnn(C)c1-c1cccc(NC(=O)Nc2ccc(F)cc2)c1. The van der Waals surface area contributed by atoms with E-state index in [-0.39, 0.29) is 5.82 Å². The van der Waals surface area contributed by atoms with Gasteiger partial charge in [0.25, 0.3) is 0 Å². The Morgan fingerprint density at radius 3 is 2.60 bits per heavy atom. The molecule has 2 N–H and O–H groups in total. The van der Waals surface area contributed by atoms with Crippen LogP contribution in [0.4, 0.5) is 20.6 Å². The Balaban J connectivity index is 1.77. The van der Waals surface area contributed by atoms with Gasteiger partial charge in [-0.1, -0.05) is 24.8 Å². The van der Waals surface area contributed by atoms with E-state index in [1.54, 1.807) is 23.0 Å². The van der Waals surface area contributed by atoms with Gasteiger partial charge in [0.15, 0.2) is 0 Å². The number of rotatable bonds is 4. The normalized spacial score (nSPS) is 10.3. The Morgan fingerprint density at radius 1 is 1.16 bits per heavy atom. The van der Waals surface area contributed by atoms with Crippen LogP contribution in [0.3, 0.4) is 0 Å². The second kappa shape index (κ2) is 7.00. The predicted octanol–water partition coefficient (Wildman–Crippen LogP) is 4.51. The fourth-order valence-electron chi connectivity index (χ4n) is 2.53. The van der Waals surface area contributed by atoms with E-state index < -0.39 is 6.03 Å². The van der Waals surface area contributed by atoms with Crippen LogP contribution in [0.25, 0.3) is 17.3 Å². The molecular weight excluding hydrogens is 319 g/mol. The highest BCUT2D eigenvalue weighted by Gasteiger charge is 2.10. The van der Waals surface area contributed by atoms with Crippen LogP contribution in [-0.4, -0.2) is 15.8 Å². The van der Waals surface area contributed by atoms with Crippen molar-refractivity contribution in [3.05, 3.63) is 72.7 Å². The van der Waals surface area contributed by atoms with Gasteiger partial charge in [-0.15, -0.1) is 0 Å². The van der Waals surface area contributed by atoms with Gasteiger partial charge in [-0.2, -0.15) is 5.10 Å². The first-order valence-corrected chi connectivity index (χ1v) is 7.65. The zero-order chi connectivity index (χ0) is 17.8.